The van der Waals surface area contributed by atoms with Crippen LogP contribution in [0.25, 0.3) is 0 Å². The van der Waals surface area contributed by atoms with E-state index in [1.807, 2.05) is 0 Å². The summed E-state index contributed by atoms with van der Waals surface area (Å²) in [6.07, 6.45) is -4.72. The van der Waals surface area contributed by atoms with Crippen LogP contribution in [0.1, 0.15) is 22.3 Å². The fraction of sp³-hybridized carbons (Fsp3) is 0.364. The number of Topliss-reactive ketones (excluding diaryl/α,β-unsaturated/α-hetero) is 1. The molecule has 0 aromatic heterocycles. The predicted octanol–water partition coefficient (Wildman–Crippen LogP) is 2.64. The Morgan fingerprint density at radius 1 is 1.35 bits per heavy atom. The van der Waals surface area contributed by atoms with Crippen molar-refractivity contribution in [3.05, 3.63) is 35.1 Å². The maximum absolute atomic E-state index is 12.9. The van der Waals surface area contributed by atoms with E-state index in [1.54, 1.807) is 7.05 Å². The lowest BCUT2D eigenvalue weighted by Gasteiger charge is -2.09. The smallest absolute Gasteiger partial charge is 0.319 e. The number of ketones is 1. The summed E-state index contributed by atoms with van der Waals surface area (Å²) < 4.78 is 50.1. The molecule has 0 radical (unpaired) electrons. The molecule has 0 atom stereocenters. The fourth-order valence-electron chi connectivity index (χ4n) is 1.30. The van der Waals surface area contributed by atoms with E-state index in [1.165, 1.54) is 0 Å². The summed E-state index contributed by atoms with van der Waals surface area (Å²) in [6.45, 7) is 0.359. The average molecular weight is 249 g/mol. The summed E-state index contributed by atoms with van der Waals surface area (Å²) in [7, 11) is 1.62. The highest BCUT2D eigenvalue weighted by molar-refractivity contribution is 5.96. The third-order valence-electron chi connectivity index (χ3n) is 2.20. The molecule has 1 aromatic carbocycles. The first-order valence-electron chi connectivity index (χ1n) is 4.91. The molecule has 0 aliphatic carbocycles. The van der Waals surface area contributed by atoms with Crippen LogP contribution in [0.5, 0.6) is 0 Å². The van der Waals surface area contributed by atoms with Crippen LogP contribution in [0.4, 0.5) is 17.6 Å². The van der Waals surface area contributed by atoms with Crippen molar-refractivity contribution in [3.8, 4) is 0 Å². The average Bonchev–Trinajstić information content (AvgIpc) is 2.25. The Hall–Kier alpha value is -1.43. The van der Waals surface area contributed by atoms with Crippen molar-refractivity contribution in [1.82, 2.24) is 5.32 Å². The first-order valence-corrected chi connectivity index (χ1v) is 4.91. The largest absolute Gasteiger partial charge is 0.419 e. The molecule has 0 bridgehead atoms. The second-order valence-electron chi connectivity index (χ2n) is 3.47. The Bertz CT molecular complexity index is 414. The van der Waals surface area contributed by atoms with Gasteiger partial charge in [0, 0.05) is 18.5 Å². The van der Waals surface area contributed by atoms with Gasteiger partial charge in [-0.05, 0) is 25.2 Å². The van der Waals surface area contributed by atoms with Crippen molar-refractivity contribution in [3.63, 3.8) is 0 Å². The van der Waals surface area contributed by atoms with Gasteiger partial charge in [-0.3, -0.25) is 4.79 Å². The minimum absolute atomic E-state index is 0.0689. The standard InChI is InChI=1S/C11H11F4NO/c1-16-5-4-10(17)7-2-3-9(12)8(6-7)11(13,14)15/h2-3,6,16H,4-5H2,1H3. The molecule has 0 spiro atoms. The van der Waals surface area contributed by atoms with E-state index < -0.39 is 23.3 Å². The van der Waals surface area contributed by atoms with Gasteiger partial charge in [0.25, 0.3) is 0 Å². The Morgan fingerprint density at radius 3 is 2.53 bits per heavy atom. The van der Waals surface area contributed by atoms with Gasteiger partial charge in [-0.2, -0.15) is 13.2 Å². The number of carbonyl (C=O) groups is 1. The van der Waals surface area contributed by atoms with E-state index >= 15 is 0 Å². The van der Waals surface area contributed by atoms with E-state index in [-0.39, 0.29) is 12.0 Å². The molecule has 2 nitrogen and oxygen atoms in total. The van der Waals surface area contributed by atoms with Gasteiger partial charge in [0.2, 0.25) is 0 Å². The van der Waals surface area contributed by atoms with Gasteiger partial charge in [-0.1, -0.05) is 0 Å². The van der Waals surface area contributed by atoms with E-state index in [2.05, 4.69) is 5.32 Å². The molecule has 6 heteroatoms. The first-order chi connectivity index (χ1) is 7.86. The van der Waals surface area contributed by atoms with E-state index in [4.69, 9.17) is 0 Å². The first kappa shape index (κ1) is 13.6. The molecular weight excluding hydrogens is 238 g/mol. The molecule has 0 saturated carbocycles. The van der Waals surface area contributed by atoms with Crippen LogP contribution in [-0.2, 0) is 6.18 Å². The molecule has 0 saturated heterocycles. The van der Waals surface area contributed by atoms with Crippen molar-refractivity contribution in [2.45, 2.75) is 12.6 Å². The van der Waals surface area contributed by atoms with Crippen molar-refractivity contribution in [1.29, 1.82) is 0 Å². The number of nitrogens with one attached hydrogen (secondary N) is 1. The molecule has 0 unspecified atom stereocenters. The third kappa shape index (κ3) is 3.52. The highest BCUT2D eigenvalue weighted by Crippen LogP contribution is 2.32. The monoisotopic (exact) mass is 249 g/mol. The molecule has 1 aromatic rings. The fourth-order valence-corrected chi connectivity index (χ4v) is 1.30. The van der Waals surface area contributed by atoms with Gasteiger partial charge >= 0.3 is 6.18 Å². The Kier molecular flexibility index (Phi) is 4.22. The normalized spacial score (nSPS) is 11.6. The summed E-state index contributed by atoms with van der Waals surface area (Å²) in [5.74, 6) is -1.83. The quantitative estimate of drug-likeness (QED) is 0.656. The Balaban J connectivity index is 3.00. The molecule has 94 valence electrons. The van der Waals surface area contributed by atoms with Crippen molar-refractivity contribution < 1.29 is 22.4 Å². The zero-order valence-corrected chi connectivity index (χ0v) is 9.07. The van der Waals surface area contributed by atoms with Crippen molar-refractivity contribution >= 4 is 5.78 Å². The summed E-state index contributed by atoms with van der Waals surface area (Å²) in [6, 6.07) is 2.27. The summed E-state index contributed by atoms with van der Waals surface area (Å²) in [5, 5.41) is 2.71. The van der Waals surface area contributed by atoms with E-state index in [0.29, 0.717) is 18.7 Å². The zero-order chi connectivity index (χ0) is 13.1. The van der Waals surface area contributed by atoms with Crippen LogP contribution in [-0.4, -0.2) is 19.4 Å². The molecule has 1 rings (SSSR count). The van der Waals surface area contributed by atoms with Gasteiger partial charge in [0.15, 0.2) is 5.78 Å². The van der Waals surface area contributed by atoms with Crippen LogP contribution in [0.2, 0.25) is 0 Å². The number of hydrogen-bond acceptors (Lipinski definition) is 2. The highest BCUT2D eigenvalue weighted by atomic mass is 19.4. The summed E-state index contributed by atoms with van der Waals surface area (Å²) >= 11 is 0. The number of carbonyl (C=O) groups excluding carboxylic acids is 1. The number of benzene rings is 1. The SMILES string of the molecule is CNCCC(=O)c1ccc(F)c(C(F)(F)F)c1. The molecular formula is C11H11F4NO. The van der Waals surface area contributed by atoms with Crippen LogP contribution >= 0.6 is 0 Å². The lowest BCUT2D eigenvalue weighted by molar-refractivity contribution is -0.140. The number of rotatable bonds is 4. The molecule has 0 heterocycles. The lowest BCUT2D eigenvalue weighted by atomic mass is 10.0. The Morgan fingerprint density at radius 2 is 2.00 bits per heavy atom. The molecule has 0 aliphatic rings. The Labute approximate surface area is 95.6 Å². The van der Waals surface area contributed by atoms with Crippen molar-refractivity contribution in [2.75, 3.05) is 13.6 Å². The summed E-state index contributed by atoms with van der Waals surface area (Å²) in [5.41, 5.74) is -1.54. The van der Waals surface area contributed by atoms with Gasteiger partial charge in [0.05, 0.1) is 5.56 Å². The highest BCUT2D eigenvalue weighted by Gasteiger charge is 2.34. The zero-order valence-electron chi connectivity index (χ0n) is 9.07. The predicted molar refractivity (Wildman–Crippen MR) is 54.3 cm³/mol. The van der Waals surface area contributed by atoms with Crippen molar-refractivity contribution in [2.24, 2.45) is 0 Å². The summed E-state index contributed by atoms with van der Waals surface area (Å²) in [4.78, 5) is 11.5. The van der Waals surface area contributed by atoms with Crippen LogP contribution in [0, 0.1) is 5.82 Å². The van der Waals surface area contributed by atoms with Crippen LogP contribution < -0.4 is 5.32 Å². The minimum atomic E-state index is -4.79. The van der Waals surface area contributed by atoms with E-state index in [9.17, 15) is 22.4 Å². The van der Waals surface area contributed by atoms with E-state index in [0.717, 1.165) is 6.07 Å². The minimum Gasteiger partial charge on any atom is -0.319 e. The van der Waals surface area contributed by atoms with Gasteiger partial charge in [-0.25, -0.2) is 4.39 Å². The second kappa shape index (κ2) is 5.27. The molecule has 17 heavy (non-hydrogen) atoms. The topological polar surface area (TPSA) is 29.1 Å². The molecule has 0 fully saturated rings. The molecule has 0 amide bonds. The maximum atomic E-state index is 12.9. The maximum Gasteiger partial charge on any atom is 0.419 e. The van der Waals surface area contributed by atoms with Gasteiger partial charge in [0.1, 0.15) is 5.82 Å². The van der Waals surface area contributed by atoms with Crippen LogP contribution in [0.15, 0.2) is 18.2 Å². The van der Waals surface area contributed by atoms with Gasteiger partial charge in [-0.15, -0.1) is 0 Å². The number of hydrogen-bond donors (Lipinski definition) is 1. The van der Waals surface area contributed by atoms with Crippen LogP contribution in [0.3, 0.4) is 0 Å². The number of halogens is 4. The number of alkyl halides is 3. The molecule has 1 N–H and O–H groups in total. The second-order valence-corrected chi connectivity index (χ2v) is 3.47. The lowest BCUT2D eigenvalue weighted by Crippen LogP contribution is -2.14. The van der Waals surface area contributed by atoms with Gasteiger partial charge < -0.3 is 5.32 Å². The molecule has 0 aliphatic heterocycles. The third-order valence-corrected chi connectivity index (χ3v) is 2.20.